The number of halogens is 1. The van der Waals surface area contributed by atoms with Gasteiger partial charge in [0.1, 0.15) is 5.69 Å². The van der Waals surface area contributed by atoms with E-state index in [1.54, 1.807) is 12.1 Å². The van der Waals surface area contributed by atoms with Gasteiger partial charge in [-0.05, 0) is 12.1 Å². The molecule has 0 radical (unpaired) electrons. The van der Waals surface area contributed by atoms with Gasteiger partial charge in [-0.2, -0.15) is 0 Å². The molecule has 0 unspecified atom stereocenters. The second-order valence-electron chi connectivity index (χ2n) is 2.76. The van der Waals surface area contributed by atoms with Gasteiger partial charge in [-0.15, -0.1) is 4.91 Å². The molecular formula is C10H9FN2O3. The van der Waals surface area contributed by atoms with Crippen LogP contribution in [0.2, 0.25) is 0 Å². The Labute approximate surface area is 91.0 Å². The molecule has 1 aromatic carbocycles. The van der Waals surface area contributed by atoms with Gasteiger partial charge >= 0.3 is 5.97 Å². The standard InChI is InChI=1S/C10H9FN2O3/c1-16-10(14)7-6-8-4-2-3-5-9(8)13(11)12-15/h2-7H,1H3/b7-6+. The molecule has 0 bridgehead atoms. The van der Waals surface area contributed by atoms with E-state index in [0.29, 0.717) is 5.56 Å². The summed E-state index contributed by atoms with van der Waals surface area (Å²) in [5, 5.41) is 1.82. The molecule has 84 valence electrons. The third-order valence-electron chi connectivity index (χ3n) is 1.81. The Kier molecular flexibility index (Phi) is 4.14. The molecule has 1 aromatic rings. The number of anilines is 1. The number of para-hydroxylation sites is 1. The molecule has 0 aliphatic carbocycles. The average Bonchev–Trinajstić information content (AvgIpc) is 2.35. The monoisotopic (exact) mass is 224 g/mol. The van der Waals surface area contributed by atoms with E-state index in [0.717, 1.165) is 6.08 Å². The zero-order valence-electron chi connectivity index (χ0n) is 8.46. The van der Waals surface area contributed by atoms with Crippen LogP contribution in [0.25, 0.3) is 6.08 Å². The molecule has 0 amide bonds. The molecule has 0 atom stereocenters. The lowest BCUT2D eigenvalue weighted by Gasteiger charge is -2.06. The molecular weight excluding hydrogens is 215 g/mol. The number of nitroso groups, excluding NO2 is 1. The van der Waals surface area contributed by atoms with E-state index < -0.39 is 5.97 Å². The molecule has 0 aliphatic heterocycles. The SMILES string of the molecule is COC(=O)/C=C/c1ccccc1N(F)N=O. The largest absolute Gasteiger partial charge is 0.466 e. The number of rotatable bonds is 4. The van der Waals surface area contributed by atoms with E-state index >= 15 is 0 Å². The van der Waals surface area contributed by atoms with E-state index in [-0.39, 0.29) is 10.9 Å². The fraction of sp³-hybridized carbons (Fsp3) is 0.100. The van der Waals surface area contributed by atoms with Gasteiger partial charge in [0.2, 0.25) is 0 Å². The summed E-state index contributed by atoms with van der Waals surface area (Å²) in [5.74, 6) is -0.570. The number of methoxy groups -OCH3 is 1. The molecule has 0 aromatic heterocycles. The van der Waals surface area contributed by atoms with Crippen LogP contribution in [0.1, 0.15) is 5.56 Å². The van der Waals surface area contributed by atoms with Gasteiger partial charge in [-0.1, -0.05) is 27.9 Å². The summed E-state index contributed by atoms with van der Waals surface area (Å²) in [6.07, 6.45) is 2.45. The minimum Gasteiger partial charge on any atom is -0.466 e. The lowest BCUT2D eigenvalue weighted by Crippen LogP contribution is -2.02. The van der Waals surface area contributed by atoms with Crippen LogP contribution in [0, 0.1) is 4.91 Å². The van der Waals surface area contributed by atoms with Gasteiger partial charge in [0.15, 0.2) is 0 Å². The van der Waals surface area contributed by atoms with Crippen LogP contribution < -0.4 is 5.23 Å². The number of benzene rings is 1. The summed E-state index contributed by atoms with van der Waals surface area (Å²) in [5.41, 5.74) is 0.299. The lowest BCUT2D eigenvalue weighted by molar-refractivity contribution is -0.134. The zero-order valence-corrected chi connectivity index (χ0v) is 8.46. The predicted octanol–water partition coefficient (Wildman–Crippen LogP) is 2.25. The quantitative estimate of drug-likeness (QED) is 0.259. The second kappa shape index (κ2) is 5.59. The Morgan fingerprint density at radius 2 is 2.19 bits per heavy atom. The highest BCUT2D eigenvalue weighted by Crippen LogP contribution is 2.22. The van der Waals surface area contributed by atoms with E-state index in [2.05, 4.69) is 10.0 Å². The van der Waals surface area contributed by atoms with Crippen LogP contribution in [0.15, 0.2) is 35.6 Å². The van der Waals surface area contributed by atoms with Crippen molar-refractivity contribution >= 4 is 17.7 Å². The highest BCUT2D eigenvalue weighted by atomic mass is 19.2. The molecule has 16 heavy (non-hydrogen) atoms. The number of hydrogen-bond acceptors (Lipinski definition) is 4. The molecule has 0 fully saturated rings. The van der Waals surface area contributed by atoms with Crippen molar-refractivity contribution in [2.24, 2.45) is 5.29 Å². The van der Waals surface area contributed by atoms with Crippen molar-refractivity contribution in [1.29, 1.82) is 0 Å². The van der Waals surface area contributed by atoms with Crippen molar-refractivity contribution in [3.05, 3.63) is 40.8 Å². The fourth-order valence-electron chi connectivity index (χ4n) is 1.07. The molecule has 0 heterocycles. The fourth-order valence-corrected chi connectivity index (χ4v) is 1.07. The van der Waals surface area contributed by atoms with E-state index in [1.165, 1.54) is 25.3 Å². The maximum absolute atomic E-state index is 12.9. The number of ether oxygens (including phenoxy) is 1. The molecule has 0 aliphatic rings. The summed E-state index contributed by atoms with van der Waals surface area (Å²) in [4.78, 5) is 20.9. The number of hydrogen-bond donors (Lipinski definition) is 0. The minimum absolute atomic E-state index is 0.0438. The Morgan fingerprint density at radius 1 is 1.50 bits per heavy atom. The molecule has 0 N–H and O–H groups in total. The second-order valence-corrected chi connectivity index (χ2v) is 2.76. The van der Waals surface area contributed by atoms with Crippen LogP contribution >= 0.6 is 0 Å². The maximum atomic E-state index is 12.9. The summed E-state index contributed by atoms with van der Waals surface area (Å²) in [7, 11) is 1.23. The smallest absolute Gasteiger partial charge is 0.330 e. The van der Waals surface area contributed by atoms with Gasteiger partial charge in [0.25, 0.3) is 0 Å². The molecule has 0 saturated carbocycles. The van der Waals surface area contributed by atoms with E-state index in [4.69, 9.17) is 0 Å². The molecule has 1 rings (SSSR count). The first-order valence-electron chi connectivity index (χ1n) is 4.33. The maximum Gasteiger partial charge on any atom is 0.330 e. The first-order valence-corrected chi connectivity index (χ1v) is 4.33. The third kappa shape index (κ3) is 2.88. The number of esters is 1. The highest BCUT2D eigenvalue weighted by Gasteiger charge is 2.08. The van der Waals surface area contributed by atoms with Crippen LogP contribution in [0.4, 0.5) is 10.2 Å². The topological polar surface area (TPSA) is 59.0 Å². The minimum atomic E-state index is -0.570. The van der Waals surface area contributed by atoms with E-state index in [1.807, 2.05) is 0 Å². The number of nitrogens with zero attached hydrogens (tertiary/aromatic N) is 2. The van der Waals surface area contributed by atoms with Gasteiger partial charge < -0.3 is 4.74 Å². The van der Waals surface area contributed by atoms with Crippen LogP contribution in [-0.2, 0) is 9.53 Å². The number of carbonyl (C=O) groups is 1. The molecule has 5 nitrogen and oxygen atoms in total. The van der Waals surface area contributed by atoms with E-state index in [9.17, 15) is 14.2 Å². The summed E-state index contributed by atoms with van der Waals surface area (Å²) < 4.78 is 17.3. The van der Waals surface area contributed by atoms with Crippen molar-refractivity contribution in [2.45, 2.75) is 0 Å². The van der Waals surface area contributed by atoms with Crippen LogP contribution in [-0.4, -0.2) is 13.1 Å². The highest BCUT2D eigenvalue weighted by molar-refractivity contribution is 5.88. The zero-order chi connectivity index (χ0) is 12.0. The van der Waals surface area contributed by atoms with Gasteiger partial charge in [0.05, 0.1) is 12.4 Å². The first kappa shape index (κ1) is 11.8. The summed E-state index contributed by atoms with van der Waals surface area (Å²) in [6, 6.07) is 6.08. The predicted molar refractivity (Wildman–Crippen MR) is 56.9 cm³/mol. The molecule has 0 saturated heterocycles. The Hall–Kier alpha value is -2.24. The first-order chi connectivity index (χ1) is 7.69. The van der Waals surface area contributed by atoms with Crippen molar-refractivity contribution in [1.82, 2.24) is 0 Å². The summed E-state index contributed by atoms with van der Waals surface area (Å²) in [6.45, 7) is 0. The van der Waals surface area contributed by atoms with Crippen molar-refractivity contribution in [3.8, 4) is 0 Å². The third-order valence-corrected chi connectivity index (χ3v) is 1.81. The molecule has 6 heteroatoms. The Bertz CT molecular complexity index is 420. The van der Waals surface area contributed by atoms with Gasteiger partial charge in [0, 0.05) is 11.6 Å². The van der Waals surface area contributed by atoms with Crippen LogP contribution in [0.5, 0.6) is 0 Å². The van der Waals surface area contributed by atoms with Gasteiger partial charge in [-0.3, -0.25) is 0 Å². The Balaban J connectivity index is 2.99. The normalized spacial score (nSPS) is 10.1. The summed E-state index contributed by atoms with van der Waals surface area (Å²) >= 11 is 0. The van der Waals surface area contributed by atoms with Crippen molar-refractivity contribution in [3.63, 3.8) is 0 Å². The van der Waals surface area contributed by atoms with Crippen molar-refractivity contribution in [2.75, 3.05) is 12.3 Å². The lowest BCUT2D eigenvalue weighted by atomic mass is 10.1. The number of carbonyl (C=O) groups excluding carboxylic acids is 1. The average molecular weight is 224 g/mol. The van der Waals surface area contributed by atoms with Crippen LogP contribution in [0.3, 0.4) is 0 Å². The molecule has 0 spiro atoms. The Morgan fingerprint density at radius 3 is 2.81 bits per heavy atom. The van der Waals surface area contributed by atoms with Crippen molar-refractivity contribution < 1.29 is 14.0 Å². The van der Waals surface area contributed by atoms with Gasteiger partial charge in [-0.25, -0.2) is 4.79 Å².